The molecular weight excluding hydrogens is 340 g/mol. The zero-order valence-corrected chi connectivity index (χ0v) is 14.7. The molecule has 0 atom stereocenters. The number of hydrogen-bond acceptors (Lipinski definition) is 4. The fraction of sp³-hybridized carbons (Fsp3) is 0.167. The molecule has 1 amide bonds. The summed E-state index contributed by atoms with van der Waals surface area (Å²) in [6.07, 6.45) is 1.77. The van der Waals surface area contributed by atoms with Crippen molar-refractivity contribution in [1.82, 2.24) is 4.72 Å². The first kappa shape index (κ1) is 17.2. The number of para-hydroxylation sites is 1. The van der Waals surface area contributed by atoms with Crippen molar-refractivity contribution in [3.63, 3.8) is 0 Å². The Labute approximate surface area is 146 Å². The summed E-state index contributed by atoms with van der Waals surface area (Å²) in [6, 6.07) is 12.2. The predicted octanol–water partition coefficient (Wildman–Crippen LogP) is 2.32. The molecule has 0 spiro atoms. The highest BCUT2D eigenvalue weighted by atomic mass is 32.2. The van der Waals surface area contributed by atoms with Gasteiger partial charge in [-0.3, -0.25) is 4.79 Å². The van der Waals surface area contributed by atoms with Crippen molar-refractivity contribution in [1.29, 1.82) is 0 Å². The smallest absolute Gasteiger partial charge is 0.255 e. The van der Waals surface area contributed by atoms with Crippen LogP contribution < -0.4 is 14.8 Å². The number of sulfonamides is 1. The Morgan fingerprint density at radius 1 is 1.16 bits per heavy atom. The van der Waals surface area contributed by atoms with Gasteiger partial charge in [-0.2, -0.15) is 0 Å². The Morgan fingerprint density at radius 2 is 1.92 bits per heavy atom. The Kier molecular flexibility index (Phi) is 4.61. The van der Waals surface area contributed by atoms with Gasteiger partial charge in [0.2, 0.25) is 10.0 Å². The third-order valence-electron chi connectivity index (χ3n) is 3.93. The van der Waals surface area contributed by atoms with E-state index in [1.807, 2.05) is 24.3 Å². The standard InChI is InChI=1S/C18H18N2O4S/c1-12-7-8-15(10-17(12)25(22,23)19-2)20-18(21)14-9-13-5-3-4-6-16(13)24-11-14/h3-10,19H,11H2,1-2H3,(H,20,21). The van der Waals surface area contributed by atoms with E-state index in [2.05, 4.69) is 10.0 Å². The number of ether oxygens (including phenoxy) is 1. The van der Waals surface area contributed by atoms with Gasteiger partial charge < -0.3 is 10.1 Å². The maximum absolute atomic E-state index is 12.5. The highest BCUT2D eigenvalue weighted by Crippen LogP contribution is 2.26. The summed E-state index contributed by atoms with van der Waals surface area (Å²) in [5.41, 5.74) is 2.31. The van der Waals surface area contributed by atoms with Gasteiger partial charge in [0.15, 0.2) is 0 Å². The van der Waals surface area contributed by atoms with Crippen LogP contribution in [0.4, 0.5) is 5.69 Å². The summed E-state index contributed by atoms with van der Waals surface area (Å²) in [7, 11) is -2.24. The van der Waals surface area contributed by atoms with Gasteiger partial charge in [-0.05, 0) is 43.8 Å². The van der Waals surface area contributed by atoms with Crippen molar-refractivity contribution < 1.29 is 17.9 Å². The van der Waals surface area contributed by atoms with Gasteiger partial charge >= 0.3 is 0 Å². The van der Waals surface area contributed by atoms with Crippen molar-refractivity contribution in [3.05, 3.63) is 59.2 Å². The number of aryl methyl sites for hydroxylation is 1. The van der Waals surface area contributed by atoms with Gasteiger partial charge in [0.1, 0.15) is 12.4 Å². The summed E-state index contributed by atoms with van der Waals surface area (Å²) in [4.78, 5) is 12.6. The van der Waals surface area contributed by atoms with Gasteiger partial charge in [-0.15, -0.1) is 0 Å². The molecule has 3 rings (SSSR count). The Bertz CT molecular complexity index is 965. The van der Waals surface area contributed by atoms with Crippen LogP contribution >= 0.6 is 0 Å². The molecule has 0 saturated heterocycles. The summed E-state index contributed by atoms with van der Waals surface area (Å²) in [6.45, 7) is 1.86. The molecule has 0 bridgehead atoms. The molecule has 130 valence electrons. The van der Waals surface area contributed by atoms with Crippen molar-refractivity contribution in [2.75, 3.05) is 19.0 Å². The quantitative estimate of drug-likeness (QED) is 0.878. The molecule has 2 N–H and O–H groups in total. The Hall–Kier alpha value is -2.64. The van der Waals surface area contributed by atoms with Gasteiger partial charge in [-0.25, -0.2) is 13.1 Å². The maximum Gasteiger partial charge on any atom is 0.255 e. The molecule has 25 heavy (non-hydrogen) atoms. The molecule has 1 heterocycles. The number of fused-ring (bicyclic) bond motifs is 1. The van der Waals surface area contributed by atoms with Crippen molar-refractivity contribution >= 4 is 27.7 Å². The van der Waals surface area contributed by atoms with E-state index >= 15 is 0 Å². The van der Waals surface area contributed by atoms with Crippen LogP contribution in [0.15, 0.2) is 52.9 Å². The van der Waals surface area contributed by atoms with Gasteiger partial charge in [0.25, 0.3) is 5.91 Å². The minimum Gasteiger partial charge on any atom is -0.488 e. The minimum atomic E-state index is -3.59. The summed E-state index contributed by atoms with van der Waals surface area (Å²) in [5.74, 6) is 0.406. The second-order valence-electron chi connectivity index (χ2n) is 5.64. The van der Waals surface area contributed by atoms with Crippen LogP contribution in [-0.2, 0) is 14.8 Å². The molecule has 7 heteroatoms. The number of benzene rings is 2. The second-order valence-corrected chi connectivity index (χ2v) is 7.49. The predicted molar refractivity (Wildman–Crippen MR) is 96.0 cm³/mol. The molecule has 1 aliphatic rings. The first-order valence-electron chi connectivity index (χ1n) is 7.68. The summed E-state index contributed by atoms with van der Waals surface area (Å²) in [5, 5.41) is 2.73. The van der Waals surface area contributed by atoms with Crippen LogP contribution in [0.25, 0.3) is 6.08 Å². The fourth-order valence-corrected chi connectivity index (χ4v) is 3.53. The Balaban J connectivity index is 1.85. The lowest BCUT2D eigenvalue weighted by Gasteiger charge is -2.17. The fourth-order valence-electron chi connectivity index (χ4n) is 2.54. The third kappa shape index (κ3) is 3.57. The molecule has 6 nitrogen and oxygen atoms in total. The molecule has 1 aliphatic heterocycles. The topological polar surface area (TPSA) is 84.5 Å². The molecule has 0 fully saturated rings. The number of nitrogens with one attached hydrogen (secondary N) is 2. The molecule has 2 aromatic carbocycles. The lowest BCUT2D eigenvalue weighted by Crippen LogP contribution is -2.22. The Morgan fingerprint density at radius 3 is 2.68 bits per heavy atom. The highest BCUT2D eigenvalue weighted by molar-refractivity contribution is 7.89. The zero-order valence-electron chi connectivity index (χ0n) is 13.9. The molecule has 0 aromatic heterocycles. The second kappa shape index (κ2) is 6.70. The van der Waals surface area contributed by atoms with E-state index in [1.54, 1.807) is 25.1 Å². The molecule has 0 saturated carbocycles. The molecule has 0 aliphatic carbocycles. The summed E-state index contributed by atoms with van der Waals surface area (Å²) >= 11 is 0. The monoisotopic (exact) mass is 358 g/mol. The van der Waals surface area contributed by atoms with Crippen molar-refractivity contribution in [2.45, 2.75) is 11.8 Å². The largest absolute Gasteiger partial charge is 0.488 e. The van der Waals surface area contributed by atoms with Crippen LogP contribution in [0.3, 0.4) is 0 Å². The van der Waals surface area contributed by atoms with Crippen LogP contribution in [0.5, 0.6) is 5.75 Å². The molecular formula is C18H18N2O4S. The van der Waals surface area contributed by atoms with Crippen LogP contribution in [0.2, 0.25) is 0 Å². The third-order valence-corrected chi connectivity index (χ3v) is 5.48. The highest BCUT2D eigenvalue weighted by Gasteiger charge is 2.19. The van der Waals surface area contributed by atoms with Crippen LogP contribution in [0, 0.1) is 6.92 Å². The lowest BCUT2D eigenvalue weighted by atomic mass is 10.1. The van der Waals surface area contributed by atoms with E-state index < -0.39 is 10.0 Å². The number of amides is 1. The van der Waals surface area contributed by atoms with Crippen molar-refractivity contribution in [3.8, 4) is 5.75 Å². The minimum absolute atomic E-state index is 0.131. The molecule has 0 unspecified atom stereocenters. The van der Waals surface area contributed by atoms with E-state index in [9.17, 15) is 13.2 Å². The number of hydrogen-bond donors (Lipinski definition) is 2. The van der Waals surface area contributed by atoms with E-state index in [-0.39, 0.29) is 17.4 Å². The number of rotatable bonds is 4. The number of anilines is 1. The first-order chi connectivity index (χ1) is 11.9. The van der Waals surface area contributed by atoms with Crippen LogP contribution in [0.1, 0.15) is 11.1 Å². The van der Waals surface area contributed by atoms with Gasteiger partial charge in [-0.1, -0.05) is 24.3 Å². The average Bonchev–Trinajstić information content (AvgIpc) is 2.62. The number of carbonyl (C=O) groups is 1. The number of carbonyl (C=O) groups excluding carboxylic acids is 1. The maximum atomic E-state index is 12.5. The van der Waals surface area contributed by atoms with Crippen LogP contribution in [-0.4, -0.2) is 28.0 Å². The zero-order chi connectivity index (χ0) is 18.0. The van der Waals surface area contributed by atoms with Gasteiger partial charge in [0.05, 0.1) is 10.5 Å². The first-order valence-corrected chi connectivity index (χ1v) is 9.17. The SMILES string of the molecule is CNS(=O)(=O)c1cc(NC(=O)C2=Cc3ccccc3OC2)ccc1C. The van der Waals surface area contributed by atoms with Crippen molar-refractivity contribution in [2.24, 2.45) is 0 Å². The van der Waals surface area contributed by atoms with Gasteiger partial charge in [0, 0.05) is 11.3 Å². The van der Waals surface area contributed by atoms with E-state index in [0.29, 0.717) is 16.8 Å². The van der Waals surface area contributed by atoms with E-state index in [1.165, 1.54) is 13.1 Å². The average molecular weight is 358 g/mol. The lowest BCUT2D eigenvalue weighted by molar-refractivity contribution is -0.113. The molecule has 0 radical (unpaired) electrons. The molecule has 2 aromatic rings. The summed E-state index contributed by atoms with van der Waals surface area (Å²) < 4.78 is 31.9. The normalized spacial score (nSPS) is 13.4. The van der Waals surface area contributed by atoms with E-state index in [0.717, 1.165) is 11.3 Å². The van der Waals surface area contributed by atoms with E-state index in [4.69, 9.17) is 4.74 Å².